The van der Waals surface area contributed by atoms with Gasteiger partial charge in [-0.2, -0.15) is 0 Å². The summed E-state index contributed by atoms with van der Waals surface area (Å²) in [6.45, 7) is 9.27. The Balaban J connectivity index is 2.70. The molecule has 1 N–H and O–H groups in total. The van der Waals surface area contributed by atoms with Gasteiger partial charge in [0.25, 0.3) is 5.91 Å². The minimum Gasteiger partial charge on any atom is -0.494 e. The zero-order valence-electron chi connectivity index (χ0n) is 15.0. The molecule has 4 heteroatoms. The Hall–Kier alpha value is -1.55. The average molecular weight is 321 g/mol. The summed E-state index contributed by atoms with van der Waals surface area (Å²) in [7, 11) is 0. The van der Waals surface area contributed by atoms with Gasteiger partial charge in [-0.25, -0.2) is 0 Å². The van der Waals surface area contributed by atoms with Crippen molar-refractivity contribution in [2.75, 3.05) is 18.5 Å². The molecule has 1 atom stereocenters. The molecule has 0 fully saturated rings. The number of nitrogens with one attached hydrogen (secondary N) is 1. The van der Waals surface area contributed by atoms with E-state index in [0.29, 0.717) is 13.2 Å². The molecule has 0 radical (unpaired) electrons. The molecule has 1 aromatic rings. The van der Waals surface area contributed by atoms with Gasteiger partial charge in [-0.15, -0.1) is 0 Å². The second-order valence-electron chi connectivity index (χ2n) is 5.95. The van der Waals surface area contributed by atoms with E-state index < -0.39 is 5.60 Å². The zero-order chi connectivity index (χ0) is 17.1. The number of carbonyl (C=O) groups excluding carboxylic acids is 1. The molecule has 23 heavy (non-hydrogen) atoms. The first-order valence-electron chi connectivity index (χ1n) is 8.74. The van der Waals surface area contributed by atoms with E-state index in [9.17, 15) is 4.79 Å². The van der Waals surface area contributed by atoms with Gasteiger partial charge in [-0.05, 0) is 51.0 Å². The Morgan fingerprint density at radius 3 is 2.35 bits per heavy atom. The molecule has 1 aromatic carbocycles. The quantitative estimate of drug-likeness (QED) is 0.596. The molecular weight excluding hydrogens is 290 g/mol. The Morgan fingerprint density at radius 2 is 1.78 bits per heavy atom. The smallest absolute Gasteiger partial charge is 0.256 e. The van der Waals surface area contributed by atoms with Crippen molar-refractivity contribution in [1.29, 1.82) is 0 Å². The molecule has 0 aliphatic rings. The lowest BCUT2D eigenvalue weighted by molar-refractivity contribution is -0.140. The summed E-state index contributed by atoms with van der Waals surface area (Å²) in [5.41, 5.74) is -0.00990. The van der Waals surface area contributed by atoms with Crippen LogP contribution < -0.4 is 10.1 Å². The number of hydrogen-bond donors (Lipinski definition) is 1. The molecule has 130 valence electrons. The number of rotatable bonds is 11. The van der Waals surface area contributed by atoms with Crippen LogP contribution in [0.15, 0.2) is 24.3 Å². The van der Waals surface area contributed by atoms with Crippen molar-refractivity contribution >= 4 is 11.6 Å². The highest BCUT2D eigenvalue weighted by Gasteiger charge is 2.33. The number of carbonyl (C=O) groups is 1. The van der Waals surface area contributed by atoms with Gasteiger partial charge in [0.2, 0.25) is 0 Å². The van der Waals surface area contributed by atoms with Crippen molar-refractivity contribution in [2.24, 2.45) is 0 Å². The van der Waals surface area contributed by atoms with Gasteiger partial charge in [0.15, 0.2) is 0 Å². The third kappa shape index (κ3) is 6.61. The van der Waals surface area contributed by atoms with Crippen molar-refractivity contribution in [2.45, 2.75) is 65.4 Å². The fraction of sp³-hybridized carbons (Fsp3) is 0.632. The van der Waals surface area contributed by atoms with Crippen LogP contribution in [0, 0.1) is 0 Å². The van der Waals surface area contributed by atoms with Gasteiger partial charge in [0, 0.05) is 12.3 Å². The van der Waals surface area contributed by atoms with E-state index in [4.69, 9.17) is 9.47 Å². The number of ether oxygens (including phenoxy) is 2. The lowest BCUT2D eigenvalue weighted by Crippen LogP contribution is -2.43. The third-order valence-electron chi connectivity index (χ3n) is 3.79. The van der Waals surface area contributed by atoms with E-state index in [2.05, 4.69) is 19.2 Å². The lowest BCUT2D eigenvalue weighted by atomic mass is 9.96. The summed E-state index contributed by atoms with van der Waals surface area (Å²) in [5.74, 6) is 0.727. The number of unbranched alkanes of at least 4 members (excludes halogenated alkanes) is 2. The number of benzene rings is 1. The largest absolute Gasteiger partial charge is 0.494 e. The molecule has 0 aliphatic carbocycles. The van der Waals surface area contributed by atoms with E-state index in [1.807, 2.05) is 38.1 Å². The van der Waals surface area contributed by atoms with Crippen LogP contribution in [0.3, 0.4) is 0 Å². The minimum atomic E-state index is -0.774. The fourth-order valence-electron chi connectivity index (χ4n) is 2.36. The van der Waals surface area contributed by atoms with Crippen molar-refractivity contribution < 1.29 is 14.3 Å². The zero-order valence-corrected chi connectivity index (χ0v) is 15.0. The van der Waals surface area contributed by atoms with Gasteiger partial charge in [0.05, 0.1) is 6.61 Å². The summed E-state index contributed by atoms with van der Waals surface area (Å²) >= 11 is 0. The molecular formula is C19H31NO3. The molecule has 0 spiro atoms. The van der Waals surface area contributed by atoms with E-state index in [1.165, 1.54) is 0 Å². The van der Waals surface area contributed by atoms with Gasteiger partial charge in [-0.1, -0.05) is 33.1 Å². The average Bonchev–Trinajstić information content (AvgIpc) is 2.55. The first-order valence-corrected chi connectivity index (χ1v) is 8.74. The van der Waals surface area contributed by atoms with Crippen LogP contribution in [0.1, 0.15) is 59.8 Å². The second kappa shape index (κ2) is 10.3. The monoisotopic (exact) mass is 321 g/mol. The third-order valence-corrected chi connectivity index (χ3v) is 3.79. The van der Waals surface area contributed by atoms with Gasteiger partial charge in [0.1, 0.15) is 11.4 Å². The number of amides is 1. The van der Waals surface area contributed by atoms with Crippen LogP contribution in [0.2, 0.25) is 0 Å². The first-order chi connectivity index (χ1) is 11.1. The van der Waals surface area contributed by atoms with Crippen molar-refractivity contribution in [3.05, 3.63) is 24.3 Å². The van der Waals surface area contributed by atoms with Crippen molar-refractivity contribution in [1.82, 2.24) is 0 Å². The molecule has 4 nitrogen and oxygen atoms in total. The molecule has 1 rings (SSSR count). The molecule has 1 amide bonds. The van der Waals surface area contributed by atoms with Gasteiger partial charge < -0.3 is 14.8 Å². The first kappa shape index (κ1) is 19.5. The summed E-state index contributed by atoms with van der Waals surface area (Å²) in [5, 5.41) is 2.97. The Bertz CT molecular complexity index is 458. The second-order valence-corrected chi connectivity index (χ2v) is 5.95. The maximum atomic E-state index is 12.7. The minimum absolute atomic E-state index is 0.0776. The Labute approximate surface area is 140 Å². The maximum Gasteiger partial charge on any atom is 0.256 e. The highest BCUT2D eigenvalue weighted by atomic mass is 16.5. The van der Waals surface area contributed by atoms with Crippen LogP contribution >= 0.6 is 0 Å². The standard InChI is InChI=1S/C19H31NO3/c1-5-8-9-14-19(4,23-15-6-2)18(21)20-16-10-12-17(13-11-16)22-7-3/h10-13H,5-9,14-15H2,1-4H3,(H,20,21)/t19-/m0/s1. The van der Waals surface area contributed by atoms with E-state index in [-0.39, 0.29) is 5.91 Å². The molecule has 0 saturated heterocycles. The van der Waals surface area contributed by atoms with E-state index in [1.54, 1.807) is 0 Å². The highest BCUT2D eigenvalue weighted by Crippen LogP contribution is 2.23. The van der Waals surface area contributed by atoms with Crippen LogP contribution in [0.25, 0.3) is 0 Å². The lowest BCUT2D eigenvalue weighted by Gasteiger charge is -2.28. The topological polar surface area (TPSA) is 47.6 Å². The van der Waals surface area contributed by atoms with Crippen molar-refractivity contribution in [3.63, 3.8) is 0 Å². The van der Waals surface area contributed by atoms with Crippen molar-refractivity contribution in [3.8, 4) is 5.75 Å². The Kier molecular flexibility index (Phi) is 8.70. The molecule has 0 bridgehead atoms. The fourth-order valence-corrected chi connectivity index (χ4v) is 2.36. The predicted octanol–water partition coefficient (Wildman–Crippen LogP) is 4.79. The molecule has 0 saturated carbocycles. The van der Waals surface area contributed by atoms with Gasteiger partial charge >= 0.3 is 0 Å². The van der Waals surface area contributed by atoms with Crippen LogP contribution in [-0.4, -0.2) is 24.7 Å². The number of hydrogen-bond acceptors (Lipinski definition) is 3. The highest BCUT2D eigenvalue weighted by molar-refractivity contribution is 5.97. The van der Waals surface area contributed by atoms with E-state index >= 15 is 0 Å². The normalized spacial score (nSPS) is 13.4. The van der Waals surface area contributed by atoms with E-state index in [0.717, 1.165) is 43.5 Å². The SMILES string of the molecule is CCCCC[C@](C)(OCCC)C(=O)Nc1ccc(OCC)cc1. The summed E-state index contributed by atoms with van der Waals surface area (Å²) in [6.07, 6.45) is 4.88. The van der Waals surface area contributed by atoms with Gasteiger partial charge in [-0.3, -0.25) is 4.79 Å². The molecule has 0 aromatic heterocycles. The number of anilines is 1. The molecule has 0 aliphatic heterocycles. The molecule has 0 unspecified atom stereocenters. The van der Waals surface area contributed by atoms with Crippen LogP contribution in [-0.2, 0) is 9.53 Å². The summed E-state index contributed by atoms with van der Waals surface area (Å²) in [4.78, 5) is 12.7. The Morgan fingerprint density at radius 1 is 1.09 bits per heavy atom. The molecule has 0 heterocycles. The van der Waals surface area contributed by atoms with Crippen LogP contribution in [0.5, 0.6) is 5.75 Å². The summed E-state index contributed by atoms with van der Waals surface area (Å²) in [6, 6.07) is 7.44. The summed E-state index contributed by atoms with van der Waals surface area (Å²) < 4.78 is 11.3. The predicted molar refractivity (Wildman–Crippen MR) is 95.0 cm³/mol. The maximum absolute atomic E-state index is 12.7. The van der Waals surface area contributed by atoms with Crippen LogP contribution in [0.4, 0.5) is 5.69 Å².